The fourth-order valence-corrected chi connectivity index (χ4v) is 3.63. The van der Waals surface area contributed by atoms with Gasteiger partial charge >= 0.3 is 5.97 Å². The summed E-state index contributed by atoms with van der Waals surface area (Å²) < 4.78 is 43.9. The standard InChI is InChI=1S/C12H15FN2O4S/c1-19-12(16)9-4-7-15(8-5-9)20(17,18)11-10(13)3-2-6-14-11/h2-3,6,9H,4-5,7-8H2,1H3. The molecule has 0 atom stereocenters. The van der Waals surface area contributed by atoms with Crippen molar-refractivity contribution in [2.75, 3.05) is 20.2 Å². The van der Waals surface area contributed by atoms with Gasteiger partial charge in [-0.05, 0) is 25.0 Å². The number of hydrogen-bond acceptors (Lipinski definition) is 5. The number of esters is 1. The number of ether oxygens (including phenoxy) is 1. The number of pyridine rings is 1. The Bertz CT molecular complexity index is 597. The Labute approximate surface area is 116 Å². The molecule has 110 valence electrons. The molecule has 0 amide bonds. The number of piperidine rings is 1. The Morgan fingerprint density at radius 3 is 2.65 bits per heavy atom. The van der Waals surface area contributed by atoms with Crippen LogP contribution in [0.2, 0.25) is 0 Å². The highest BCUT2D eigenvalue weighted by Crippen LogP contribution is 2.24. The summed E-state index contributed by atoms with van der Waals surface area (Å²) >= 11 is 0. The molecule has 6 nitrogen and oxygen atoms in total. The summed E-state index contributed by atoms with van der Waals surface area (Å²) in [7, 11) is -2.65. The zero-order chi connectivity index (χ0) is 14.8. The molecule has 0 bridgehead atoms. The summed E-state index contributed by atoms with van der Waals surface area (Å²) in [5.41, 5.74) is 0. The smallest absolute Gasteiger partial charge is 0.308 e. The second-order valence-corrected chi connectivity index (χ2v) is 6.35. The number of halogens is 1. The van der Waals surface area contributed by atoms with E-state index in [9.17, 15) is 17.6 Å². The van der Waals surface area contributed by atoms with Gasteiger partial charge in [0.25, 0.3) is 10.0 Å². The van der Waals surface area contributed by atoms with Crippen LogP contribution in [0.1, 0.15) is 12.8 Å². The number of nitrogens with zero attached hydrogens (tertiary/aromatic N) is 2. The van der Waals surface area contributed by atoms with Crippen molar-refractivity contribution in [3.8, 4) is 0 Å². The Morgan fingerprint density at radius 1 is 1.45 bits per heavy atom. The highest BCUT2D eigenvalue weighted by atomic mass is 32.2. The van der Waals surface area contributed by atoms with Crippen LogP contribution >= 0.6 is 0 Å². The predicted octanol–water partition coefficient (Wildman–Crippen LogP) is 0.794. The highest BCUT2D eigenvalue weighted by molar-refractivity contribution is 7.89. The van der Waals surface area contributed by atoms with Crippen LogP contribution in [-0.2, 0) is 19.6 Å². The van der Waals surface area contributed by atoms with Gasteiger partial charge in [-0.15, -0.1) is 0 Å². The molecule has 0 saturated carbocycles. The van der Waals surface area contributed by atoms with Gasteiger partial charge in [0.2, 0.25) is 5.03 Å². The van der Waals surface area contributed by atoms with Gasteiger partial charge in [0.05, 0.1) is 13.0 Å². The summed E-state index contributed by atoms with van der Waals surface area (Å²) in [6, 6.07) is 2.39. The molecule has 1 fully saturated rings. The van der Waals surface area contributed by atoms with E-state index < -0.39 is 20.9 Å². The molecule has 1 aliphatic rings. The lowest BCUT2D eigenvalue weighted by atomic mass is 9.99. The summed E-state index contributed by atoms with van der Waals surface area (Å²) in [4.78, 5) is 15.0. The molecule has 0 unspecified atom stereocenters. The Morgan fingerprint density at radius 2 is 2.10 bits per heavy atom. The van der Waals surface area contributed by atoms with Crippen LogP contribution in [0.4, 0.5) is 4.39 Å². The topological polar surface area (TPSA) is 76.6 Å². The van der Waals surface area contributed by atoms with E-state index in [4.69, 9.17) is 0 Å². The minimum atomic E-state index is -3.95. The van der Waals surface area contributed by atoms with Crippen molar-refractivity contribution < 1.29 is 22.3 Å². The van der Waals surface area contributed by atoms with Gasteiger partial charge in [-0.1, -0.05) is 0 Å². The summed E-state index contributed by atoms with van der Waals surface area (Å²) in [6.07, 6.45) is 1.96. The van der Waals surface area contributed by atoms with Crippen LogP contribution < -0.4 is 0 Å². The minimum Gasteiger partial charge on any atom is -0.469 e. The van der Waals surface area contributed by atoms with E-state index in [0.717, 1.165) is 10.4 Å². The average molecular weight is 302 g/mol. The molecule has 1 saturated heterocycles. The zero-order valence-corrected chi connectivity index (χ0v) is 11.8. The molecule has 2 rings (SSSR count). The fraction of sp³-hybridized carbons (Fsp3) is 0.500. The van der Waals surface area contributed by atoms with Gasteiger partial charge in [0.15, 0.2) is 5.82 Å². The lowest BCUT2D eigenvalue weighted by molar-refractivity contribution is -0.146. The number of carbonyl (C=O) groups is 1. The minimum absolute atomic E-state index is 0.151. The number of hydrogen-bond donors (Lipinski definition) is 0. The maximum absolute atomic E-state index is 13.6. The first kappa shape index (κ1) is 14.9. The molecule has 1 aromatic rings. The first-order valence-electron chi connectivity index (χ1n) is 6.15. The monoisotopic (exact) mass is 302 g/mol. The van der Waals surface area contributed by atoms with Gasteiger partial charge in [0.1, 0.15) is 0 Å². The maximum Gasteiger partial charge on any atom is 0.308 e. The summed E-state index contributed by atoms with van der Waals surface area (Å²) in [5.74, 6) is -1.52. The van der Waals surface area contributed by atoms with Crippen molar-refractivity contribution in [1.29, 1.82) is 0 Å². The predicted molar refractivity (Wildman–Crippen MR) is 67.7 cm³/mol. The van der Waals surface area contributed by atoms with E-state index in [-0.39, 0.29) is 25.0 Å². The maximum atomic E-state index is 13.6. The van der Waals surface area contributed by atoms with Crippen LogP contribution in [0.15, 0.2) is 23.4 Å². The molecule has 20 heavy (non-hydrogen) atoms. The van der Waals surface area contributed by atoms with Crippen LogP contribution in [0, 0.1) is 11.7 Å². The SMILES string of the molecule is COC(=O)C1CCN(S(=O)(=O)c2ncccc2F)CC1. The summed E-state index contributed by atoms with van der Waals surface area (Å²) in [6.45, 7) is 0.302. The Kier molecular flexibility index (Phi) is 4.34. The van der Waals surface area contributed by atoms with Gasteiger partial charge < -0.3 is 4.74 Å². The quantitative estimate of drug-likeness (QED) is 0.772. The number of carbonyl (C=O) groups excluding carboxylic acids is 1. The van der Waals surface area contributed by atoms with Crippen LogP contribution in [0.25, 0.3) is 0 Å². The van der Waals surface area contributed by atoms with Crippen molar-refractivity contribution in [1.82, 2.24) is 9.29 Å². The molecular weight excluding hydrogens is 287 g/mol. The first-order chi connectivity index (χ1) is 9.46. The lowest BCUT2D eigenvalue weighted by Crippen LogP contribution is -2.41. The van der Waals surface area contributed by atoms with E-state index in [1.807, 2.05) is 0 Å². The Hall–Kier alpha value is -1.54. The van der Waals surface area contributed by atoms with Gasteiger partial charge in [-0.2, -0.15) is 4.31 Å². The number of aromatic nitrogens is 1. The molecule has 2 heterocycles. The third kappa shape index (κ3) is 2.80. The van der Waals surface area contributed by atoms with E-state index in [2.05, 4.69) is 9.72 Å². The number of rotatable bonds is 3. The fourth-order valence-electron chi connectivity index (χ4n) is 2.18. The van der Waals surface area contributed by atoms with E-state index >= 15 is 0 Å². The van der Waals surface area contributed by atoms with Crippen LogP contribution in [-0.4, -0.2) is 43.9 Å². The van der Waals surface area contributed by atoms with Crippen molar-refractivity contribution in [3.05, 3.63) is 24.1 Å². The third-order valence-electron chi connectivity index (χ3n) is 3.30. The average Bonchev–Trinajstić information content (AvgIpc) is 2.47. The molecule has 1 aromatic heterocycles. The molecule has 0 N–H and O–H groups in total. The van der Waals surface area contributed by atoms with Crippen molar-refractivity contribution in [2.45, 2.75) is 17.9 Å². The third-order valence-corrected chi connectivity index (χ3v) is 5.13. The molecule has 1 aliphatic heterocycles. The Balaban J connectivity index is 2.14. The second-order valence-electron chi connectivity index (χ2n) is 4.49. The van der Waals surface area contributed by atoms with E-state index in [1.54, 1.807) is 0 Å². The molecular formula is C12H15FN2O4S. The van der Waals surface area contributed by atoms with E-state index in [0.29, 0.717) is 12.8 Å². The van der Waals surface area contributed by atoms with Crippen LogP contribution in [0.5, 0.6) is 0 Å². The van der Waals surface area contributed by atoms with Gasteiger partial charge in [-0.3, -0.25) is 4.79 Å². The molecule has 0 spiro atoms. The molecule has 0 aliphatic carbocycles. The summed E-state index contributed by atoms with van der Waals surface area (Å²) in [5, 5.41) is -0.573. The van der Waals surface area contributed by atoms with Crippen molar-refractivity contribution >= 4 is 16.0 Å². The van der Waals surface area contributed by atoms with E-state index in [1.165, 1.54) is 19.4 Å². The molecule has 0 aromatic carbocycles. The normalized spacial score (nSPS) is 17.9. The van der Waals surface area contributed by atoms with Crippen LogP contribution in [0.3, 0.4) is 0 Å². The number of methoxy groups -OCH3 is 1. The lowest BCUT2D eigenvalue weighted by Gasteiger charge is -2.29. The van der Waals surface area contributed by atoms with Crippen molar-refractivity contribution in [2.24, 2.45) is 5.92 Å². The first-order valence-corrected chi connectivity index (χ1v) is 7.59. The van der Waals surface area contributed by atoms with Crippen molar-refractivity contribution in [3.63, 3.8) is 0 Å². The largest absolute Gasteiger partial charge is 0.469 e. The molecule has 0 radical (unpaired) electrons. The van der Waals surface area contributed by atoms with Gasteiger partial charge in [-0.25, -0.2) is 17.8 Å². The number of sulfonamides is 1. The van der Waals surface area contributed by atoms with Gasteiger partial charge in [0, 0.05) is 19.3 Å². The highest BCUT2D eigenvalue weighted by Gasteiger charge is 2.34. The molecule has 8 heteroatoms. The second kappa shape index (κ2) is 5.84. The zero-order valence-electron chi connectivity index (χ0n) is 11.0.